The predicted molar refractivity (Wildman–Crippen MR) is 89.8 cm³/mol. The Balaban J connectivity index is 1.73. The van der Waals surface area contributed by atoms with Crippen LogP contribution in [0.15, 0.2) is 36.4 Å². The molecular weight excluding hydrogens is 258 g/mol. The van der Waals surface area contributed by atoms with Crippen LogP contribution in [0.5, 0.6) is 0 Å². The smallest absolute Gasteiger partial charge is 0.129 e. The van der Waals surface area contributed by atoms with Gasteiger partial charge in [-0.15, -0.1) is 0 Å². The maximum atomic E-state index is 4.85. The third-order valence-electron chi connectivity index (χ3n) is 4.19. The van der Waals surface area contributed by atoms with E-state index in [0.29, 0.717) is 12.0 Å². The molecule has 21 heavy (non-hydrogen) atoms. The lowest BCUT2D eigenvalue weighted by Gasteiger charge is -2.26. The van der Waals surface area contributed by atoms with Gasteiger partial charge in [0.1, 0.15) is 5.82 Å². The molecule has 0 spiro atoms. The van der Waals surface area contributed by atoms with E-state index in [9.17, 15) is 0 Å². The van der Waals surface area contributed by atoms with E-state index in [-0.39, 0.29) is 0 Å². The van der Waals surface area contributed by atoms with Crippen molar-refractivity contribution in [2.75, 3.05) is 24.5 Å². The van der Waals surface area contributed by atoms with Crippen molar-refractivity contribution in [2.45, 2.75) is 32.7 Å². The number of anilines is 1. The molecular formula is C18H25N3. The van der Waals surface area contributed by atoms with E-state index in [2.05, 4.69) is 60.5 Å². The molecule has 1 aromatic heterocycles. The molecule has 112 valence electrons. The summed E-state index contributed by atoms with van der Waals surface area (Å²) in [6.07, 6.45) is 2.53. The first kappa shape index (κ1) is 14.3. The number of nitrogens with one attached hydrogen (secondary N) is 1. The highest BCUT2D eigenvalue weighted by atomic mass is 15.2. The Hall–Kier alpha value is -1.61. The molecule has 1 aliphatic rings. The number of aromatic nitrogens is 1. The van der Waals surface area contributed by atoms with Crippen LogP contribution in [0.2, 0.25) is 0 Å². The van der Waals surface area contributed by atoms with Crippen LogP contribution in [-0.4, -0.2) is 30.7 Å². The molecule has 1 aliphatic heterocycles. The van der Waals surface area contributed by atoms with Crippen LogP contribution >= 0.6 is 0 Å². The average molecular weight is 283 g/mol. The molecule has 1 N–H and O–H groups in total. The summed E-state index contributed by atoms with van der Waals surface area (Å²) >= 11 is 0. The van der Waals surface area contributed by atoms with Crippen molar-refractivity contribution < 1.29 is 0 Å². The molecule has 2 heterocycles. The summed E-state index contributed by atoms with van der Waals surface area (Å²) in [6, 6.07) is 13.3. The largest absolute Gasteiger partial charge is 0.352 e. The molecule has 0 radical (unpaired) electrons. The number of para-hydroxylation sites is 1. The Morgan fingerprint density at radius 1 is 1.24 bits per heavy atom. The normalized spacial score (nSPS) is 18.8. The molecule has 3 nitrogen and oxygen atoms in total. The molecule has 2 aromatic rings. The summed E-state index contributed by atoms with van der Waals surface area (Å²) in [5.74, 6) is 1.83. The second-order valence-corrected chi connectivity index (χ2v) is 6.40. The van der Waals surface area contributed by atoms with Gasteiger partial charge in [-0.1, -0.05) is 32.0 Å². The molecule has 1 atom stereocenters. The number of pyridine rings is 1. The van der Waals surface area contributed by atoms with Gasteiger partial charge >= 0.3 is 0 Å². The minimum absolute atomic E-state index is 0.581. The molecule has 3 rings (SSSR count). The van der Waals surface area contributed by atoms with Crippen molar-refractivity contribution in [1.29, 1.82) is 0 Å². The topological polar surface area (TPSA) is 28.2 Å². The third kappa shape index (κ3) is 3.35. The minimum Gasteiger partial charge on any atom is -0.352 e. The second-order valence-electron chi connectivity index (χ2n) is 6.40. The molecule has 0 aliphatic carbocycles. The number of hydrogen-bond donors (Lipinski definition) is 1. The van der Waals surface area contributed by atoms with Crippen LogP contribution in [-0.2, 0) is 0 Å². The number of benzene rings is 1. The monoisotopic (exact) mass is 283 g/mol. The quantitative estimate of drug-likeness (QED) is 0.911. The van der Waals surface area contributed by atoms with Gasteiger partial charge in [-0.25, -0.2) is 4.98 Å². The third-order valence-corrected chi connectivity index (χ3v) is 4.19. The van der Waals surface area contributed by atoms with Gasteiger partial charge in [-0.05, 0) is 43.5 Å². The number of nitrogens with zero attached hydrogens (tertiary/aromatic N) is 2. The van der Waals surface area contributed by atoms with Crippen molar-refractivity contribution in [3.8, 4) is 0 Å². The zero-order valence-corrected chi connectivity index (χ0v) is 13.0. The van der Waals surface area contributed by atoms with E-state index in [1.807, 2.05) is 0 Å². The Bertz CT molecular complexity index is 594. The highest BCUT2D eigenvalue weighted by molar-refractivity contribution is 5.80. The summed E-state index contributed by atoms with van der Waals surface area (Å²) in [7, 11) is 0. The maximum Gasteiger partial charge on any atom is 0.129 e. The first-order valence-electron chi connectivity index (χ1n) is 8.07. The number of rotatable bonds is 5. The average Bonchev–Trinajstić information content (AvgIpc) is 2.95. The van der Waals surface area contributed by atoms with Gasteiger partial charge in [0.05, 0.1) is 5.52 Å². The molecule has 0 bridgehead atoms. The molecule has 0 saturated carbocycles. The predicted octanol–water partition coefficient (Wildman–Crippen LogP) is 3.45. The van der Waals surface area contributed by atoms with Crippen molar-refractivity contribution >= 4 is 16.7 Å². The molecule has 1 aromatic carbocycles. The van der Waals surface area contributed by atoms with Gasteiger partial charge in [0.25, 0.3) is 0 Å². The summed E-state index contributed by atoms with van der Waals surface area (Å²) < 4.78 is 0. The lowest BCUT2D eigenvalue weighted by Crippen LogP contribution is -2.39. The summed E-state index contributed by atoms with van der Waals surface area (Å²) in [4.78, 5) is 7.32. The standard InChI is InChI=1S/C18H25N3/c1-14(2)12-19-13-16-7-5-11-21(16)18-10-9-15-6-3-4-8-17(15)20-18/h3-4,6,8-10,14,16,19H,5,7,11-13H2,1-2H3. The van der Waals surface area contributed by atoms with Gasteiger partial charge in [0, 0.05) is 24.5 Å². The van der Waals surface area contributed by atoms with Gasteiger partial charge in [-0.2, -0.15) is 0 Å². The fraction of sp³-hybridized carbons (Fsp3) is 0.500. The first-order valence-corrected chi connectivity index (χ1v) is 8.07. The van der Waals surface area contributed by atoms with Crippen LogP contribution in [0.4, 0.5) is 5.82 Å². The van der Waals surface area contributed by atoms with Crippen LogP contribution in [0.25, 0.3) is 10.9 Å². The van der Waals surface area contributed by atoms with E-state index in [0.717, 1.165) is 31.0 Å². The summed E-state index contributed by atoms with van der Waals surface area (Å²) in [5.41, 5.74) is 1.09. The molecule has 1 unspecified atom stereocenters. The molecule has 1 fully saturated rings. The van der Waals surface area contributed by atoms with Crippen LogP contribution in [0.3, 0.4) is 0 Å². The zero-order chi connectivity index (χ0) is 14.7. The lowest BCUT2D eigenvalue weighted by atomic mass is 10.2. The van der Waals surface area contributed by atoms with Crippen molar-refractivity contribution in [1.82, 2.24) is 10.3 Å². The fourth-order valence-corrected chi connectivity index (χ4v) is 3.10. The van der Waals surface area contributed by atoms with Crippen LogP contribution < -0.4 is 10.2 Å². The molecule has 0 amide bonds. The first-order chi connectivity index (χ1) is 10.2. The van der Waals surface area contributed by atoms with E-state index in [4.69, 9.17) is 4.98 Å². The number of fused-ring (bicyclic) bond motifs is 1. The van der Waals surface area contributed by atoms with Gasteiger partial charge in [-0.3, -0.25) is 0 Å². The SMILES string of the molecule is CC(C)CNCC1CCCN1c1ccc2ccccc2n1. The Kier molecular flexibility index (Phi) is 4.39. The fourth-order valence-electron chi connectivity index (χ4n) is 3.10. The van der Waals surface area contributed by atoms with E-state index in [1.54, 1.807) is 0 Å². The molecule has 3 heteroatoms. The summed E-state index contributed by atoms with van der Waals surface area (Å²) in [6.45, 7) is 7.79. The highest BCUT2D eigenvalue weighted by Gasteiger charge is 2.25. The Morgan fingerprint density at radius 3 is 2.95 bits per heavy atom. The summed E-state index contributed by atoms with van der Waals surface area (Å²) in [5, 5.41) is 4.81. The van der Waals surface area contributed by atoms with Crippen molar-refractivity contribution in [2.24, 2.45) is 5.92 Å². The van der Waals surface area contributed by atoms with Gasteiger partial charge in [0.2, 0.25) is 0 Å². The lowest BCUT2D eigenvalue weighted by molar-refractivity contribution is 0.511. The van der Waals surface area contributed by atoms with Crippen LogP contribution in [0.1, 0.15) is 26.7 Å². The number of hydrogen-bond acceptors (Lipinski definition) is 3. The maximum absolute atomic E-state index is 4.85. The second kappa shape index (κ2) is 6.44. The van der Waals surface area contributed by atoms with Crippen LogP contribution in [0, 0.1) is 5.92 Å². The minimum atomic E-state index is 0.581. The van der Waals surface area contributed by atoms with E-state index in [1.165, 1.54) is 18.2 Å². The van der Waals surface area contributed by atoms with E-state index >= 15 is 0 Å². The van der Waals surface area contributed by atoms with Gasteiger partial charge in [0.15, 0.2) is 0 Å². The van der Waals surface area contributed by atoms with Crippen molar-refractivity contribution in [3.63, 3.8) is 0 Å². The zero-order valence-electron chi connectivity index (χ0n) is 13.0. The molecule has 1 saturated heterocycles. The van der Waals surface area contributed by atoms with E-state index < -0.39 is 0 Å². The van der Waals surface area contributed by atoms with Crippen molar-refractivity contribution in [3.05, 3.63) is 36.4 Å². The Labute approximate surface area is 127 Å². The van der Waals surface area contributed by atoms with Gasteiger partial charge < -0.3 is 10.2 Å². The Morgan fingerprint density at radius 2 is 2.10 bits per heavy atom. The highest BCUT2D eigenvalue weighted by Crippen LogP contribution is 2.25.